The van der Waals surface area contributed by atoms with Crippen molar-refractivity contribution < 1.29 is 9.47 Å². The molecule has 86 valence electrons. The maximum Gasteiger partial charge on any atom is 0.0587 e. The highest BCUT2D eigenvalue weighted by molar-refractivity contribution is 4.47. The Morgan fingerprint density at radius 1 is 1.07 bits per heavy atom. The quantitative estimate of drug-likeness (QED) is 0.548. The second-order valence-corrected chi connectivity index (χ2v) is 3.89. The second kappa shape index (κ2) is 11.0. The van der Waals surface area contributed by atoms with E-state index < -0.39 is 0 Å². The summed E-state index contributed by atoms with van der Waals surface area (Å²) in [5.41, 5.74) is 0. The molecule has 3 nitrogen and oxygen atoms in total. The number of ether oxygens (including phenoxy) is 2. The average molecular weight is 203 g/mol. The van der Waals surface area contributed by atoms with Gasteiger partial charge in [0.05, 0.1) is 6.61 Å². The largest absolute Gasteiger partial charge is 0.383 e. The van der Waals surface area contributed by atoms with E-state index >= 15 is 0 Å². The van der Waals surface area contributed by atoms with E-state index in [0.29, 0.717) is 0 Å². The van der Waals surface area contributed by atoms with Crippen LogP contribution in [0.5, 0.6) is 0 Å². The molecule has 0 saturated heterocycles. The molecule has 0 amide bonds. The minimum Gasteiger partial charge on any atom is -0.383 e. The van der Waals surface area contributed by atoms with E-state index in [9.17, 15) is 0 Å². The number of hydrogen-bond donors (Lipinski definition) is 1. The summed E-state index contributed by atoms with van der Waals surface area (Å²) in [5.74, 6) is 0.745. The third-order valence-corrected chi connectivity index (χ3v) is 1.96. The van der Waals surface area contributed by atoms with Crippen LogP contribution < -0.4 is 5.32 Å². The molecule has 0 rings (SSSR count). The molecular weight excluding hydrogens is 178 g/mol. The van der Waals surface area contributed by atoms with Gasteiger partial charge in [-0.25, -0.2) is 0 Å². The number of methoxy groups -OCH3 is 1. The van der Waals surface area contributed by atoms with Crippen molar-refractivity contribution in [2.24, 2.45) is 5.92 Å². The van der Waals surface area contributed by atoms with Gasteiger partial charge in [0.25, 0.3) is 0 Å². The summed E-state index contributed by atoms with van der Waals surface area (Å²) >= 11 is 0. The standard InChI is InChI=1S/C11H25NO2/c1-11(2)5-9-14-8-4-6-12-7-10-13-3/h11-12H,4-10H2,1-3H3. The predicted octanol–water partition coefficient (Wildman–Crippen LogP) is 1.68. The Labute approximate surface area is 88.2 Å². The Hall–Kier alpha value is -0.120. The van der Waals surface area contributed by atoms with Gasteiger partial charge in [-0.05, 0) is 25.3 Å². The van der Waals surface area contributed by atoms with Crippen molar-refractivity contribution in [3.8, 4) is 0 Å². The van der Waals surface area contributed by atoms with Crippen LogP contribution in [-0.4, -0.2) is 40.0 Å². The zero-order valence-corrected chi connectivity index (χ0v) is 9.84. The van der Waals surface area contributed by atoms with Crippen LogP contribution in [0.4, 0.5) is 0 Å². The molecule has 0 bridgehead atoms. The molecular formula is C11H25NO2. The van der Waals surface area contributed by atoms with E-state index in [1.807, 2.05) is 0 Å². The van der Waals surface area contributed by atoms with Crippen LogP contribution >= 0.6 is 0 Å². The van der Waals surface area contributed by atoms with E-state index in [1.165, 1.54) is 0 Å². The summed E-state index contributed by atoms with van der Waals surface area (Å²) in [6.45, 7) is 8.94. The van der Waals surface area contributed by atoms with E-state index in [4.69, 9.17) is 9.47 Å². The van der Waals surface area contributed by atoms with Gasteiger partial charge in [0.1, 0.15) is 0 Å². The summed E-state index contributed by atoms with van der Waals surface area (Å²) in [6, 6.07) is 0. The fraction of sp³-hybridized carbons (Fsp3) is 1.00. The Balaban J connectivity index is 2.85. The van der Waals surface area contributed by atoms with Crippen LogP contribution in [0.1, 0.15) is 26.7 Å². The van der Waals surface area contributed by atoms with Crippen LogP contribution in [0.15, 0.2) is 0 Å². The van der Waals surface area contributed by atoms with Gasteiger partial charge in [0, 0.05) is 26.9 Å². The summed E-state index contributed by atoms with van der Waals surface area (Å²) < 4.78 is 10.4. The topological polar surface area (TPSA) is 30.5 Å². The van der Waals surface area contributed by atoms with Crippen LogP contribution in [0.25, 0.3) is 0 Å². The van der Waals surface area contributed by atoms with Gasteiger partial charge in [-0.2, -0.15) is 0 Å². The average Bonchev–Trinajstić information content (AvgIpc) is 2.15. The highest BCUT2D eigenvalue weighted by atomic mass is 16.5. The van der Waals surface area contributed by atoms with Gasteiger partial charge >= 0.3 is 0 Å². The lowest BCUT2D eigenvalue weighted by Gasteiger charge is -2.07. The van der Waals surface area contributed by atoms with Crippen LogP contribution in [-0.2, 0) is 9.47 Å². The number of rotatable bonds is 10. The summed E-state index contributed by atoms with van der Waals surface area (Å²) in [4.78, 5) is 0. The molecule has 0 aromatic rings. The molecule has 0 aliphatic carbocycles. The minimum absolute atomic E-state index is 0.745. The first-order valence-corrected chi connectivity index (χ1v) is 5.54. The molecule has 0 unspecified atom stereocenters. The van der Waals surface area contributed by atoms with Crippen molar-refractivity contribution in [2.75, 3.05) is 40.0 Å². The maximum atomic E-state index is 5.48. The lowest BCUT2D eigenvalue weighted by molar-refractivity contribution is 0.120. The van der Waals surface area contributed by atoms with Crippen molar-refractivity contribution >= 4 is 0 Å². The Morgan fingerprint density at radius 3 is 2.50 bits per heavy atom. The van der Waals surface area contributed by atoms with Crippen molar-refractivity contribution in [3.05, 3.63) is 0 Å². The van der Waals surface area contributed by atoms with Crippen molar-refractivity contribution in [1.29, 1.82) is 0 Å². The first-order chi connectivity index (χ1) is 6.77. The molecule has 14 heavy (non-hydrogen) atoms. The molecule has 0 aliphatic rings. The lowest BCUT2D eigenvalue weighted by Crippen LogP contribution is -2.21. The van der Waals surface area contributed by atoms with Crippen LogP contribution in [0, 0.1) is 5.92 Å². The molecule has 0 aromatic carbocycles. The molecule has 0 fully saturated rings. The molecule has 0 spiro atoms. The Kier molecular flexibility index (Phi) is 10.9. The highest BCUT2D eigenvalue weighted by Gasteiger charge is 1.93. The first-order valence-electron chi connectivity index (χ1n) is 5.54. The van der Waals surface area contributed by atoms with Gasteiger partial charge in [0.2, 0.25) is 0 Å². The molecule has 1 N–H and O–H groups in total. The van der Waals surface area contributed by atoms with Gasteiger partial charge in [-0.1, -0.05) is 13.8 Å². The number of hydrogen-bond acceptors (Lipinski definition) is 3. The van der Waals surface area contributed by atoms with E-state index in [0.717, 1.165) is 51.7 Å². The van der Waals surface area contributed by atoms with Gasteiger partial charge in [-0.3, -0.25) is 0 Å². The third kappa shape index (κ3) is 11.9. The lowest BCUT2D eigenvalue weighted by atomic mass is 10.1. The summed E-state index contributed by atoms with van der Waals surface area (Å²) in [5, 5.41) is 3.28. The zero-order valence-electron chi connectivity index (χ0n) is 9.84. The minimum atomic E-state index is 0.745. The van der Waals surface area contributed by atoms with Crippen molar-refractivity contribution in [3.63, 3.8) is 0 Å². The smallest absolute Gasteiger partial charge is 0.0587 e. The van der Waals surface area contributed by atoms with E-state index in [1.54, 1.807) is 7.11 Å². The van der Waals surface area contributed by atoms with Gasteiger partial charge in [-0.15, -0.1) is 0 Å². The Bertz CT molecular complexity index is 107. The fourth-order valence-electron chi connectivity index (χ4n) is 1.02. The van der Waals surface area contributed by atoms with Gasteiger partial charge < -0.3 is 14.8 Å². The molecule has 0 atom stereocenters. The van der Waals surface area contributed by atoms with Crippen molar-refractivity contribution in [2.45, 2.75) is 26.7 Å². The molecule has 0 radical (unpaired) electrons. The molecule has 0 saturated carbocycles. The molecule has 0 aromatic heterocycles. The zero-order chi connectivity index (χ0) is 10.6. The van der Waals surface area contributed by atoms with E-state index in [-0.39, 0.29) is 0 Å². The summed E-state index contributed by atoms with van der Waals surface area (Å²) in [6.07, 6.45) is 2.25. The van der Waals surface area contributed by atoms with Gasteiger partial charge in [0.15, 0.2) is 0 Å². The SMILES string of the molecule is COCCNCCCOCCC(C)C. The van der Waals surface area contributed by atoms with Crippen LogP contribution in [0.2, 0.25) is 0 Å². The number of nitrogens with one attached hydrogen (secondary N) is 1. The third-order valence-electron chi connectivity index (χ3n) is 1.96. The van der Waals surface area contributed by atoms with Crippen molar-refractivity contribution in [1.82, 2.24) is 5.32 Å². The predicted molar refractivity (Wildman–Crippen MR) is 59.6 cm³/mol. The van der Waals surface area contributed by atoms with Crippen LogP contribution in [0.3, 0.4) is 0 Å². The normalized spacial score (nSPS) is 11.1. The molecule has 0 aliphatic heterocycles. The second-order valence-electron chi connectivity index (χ2n) is 3.89. The Morgan fingerprint density at radius 2 is 1.86 bits per heavy atom. The summed E-state index contributed by atoms with van der Waals surface area (Å²) in [7, 11) is 1.72. The molecule has 3 heteroatoms. The molecule has 0 heterocycles. The fourth-order valence-corrected chi connectivity index (χ4v) is 1.02. The first kappa shape index (κ1) is 13.9. The monoisotopic (exact) mass is 203 g/mol. The van der Waals surface area contributed by atoms with E-state index in [2.05, 4.69) is 19.2 Å². The maximum absolute atomic E-state index is 5.48. The highest BCUT2D eigenvalue weighted by Crippen LogP contribution is 1.98.